The van der Waals surface area contributed by atoms with Gasteiger partial charge in [0.25, 0.3) is 0 Å². The van der Waals surface area contributed by atoms with Crippen molar-refractivity contribution in [3.8, 4) is 0 Å². The number of hydrogen-bond donors (Lipinski definition) is 4. The van der Waals surface area contributed by atoms with Crippen LogP contribution in [-0.4, -0.2) is 122 Å². The minimum atomic E-state index is -0.632. The van der Waals surface area contributed by atoms with Crippen LogP contribution >= 0.6 is 23.2 Å². The number of halogens is 2. The van der Waals surface area contributed by atoms with Gasteiger partial charge in [0.1, 0.15) is 24.7 Å². The van der Waals surface area contributed by atoms with Gasteiger partial charge in [-0.3, -0.25) is 29.0 Å². The van der Waals surface area contributed by atoms with Crippen LogP contribution in [0.2, 0.25) is 10.0 Å². The third kappa shape index (κ3) is 11.2. The van der Waals surface area contributed by atoms with Crippen molar-refractivity contribution in [2.24, 2.45) is 0 Å². The van der Waals surface area contributed by atoms with Gasteiger partial charge in [-0.2, -0.15) is 0 Å². The lowest BCUT2D eigenvalue weighted by molar-refractivity contribution is -0.210. The molecule has 8 rings (SSSR count). The van der Waals surface area contributed by atoms with Crippen LogP contribution in [0.15, 0.2) is 109 Å². The fourth-order valence-corrected chi connectivity index (χ4v) is 9.78. The van der Waals surface area contributed by atoms with E-state index >= 15 is 0 Å². The van der Waals surface area contributed by atoms with Gasteiger partial charge in [0.05, 0.1) is 12.8 Å². The van der Waals surface area contributed by atoms with Gasteiger partial charge >= 0.3 is 0 Å². The summed E-state index contributed by atoms with van der Waals surface area (Å²) in [5.74, 6) is -1.13. The molecule has 12 nitrogen and oxygen atoms in total. The van der Waals surface area contributed by atoms with Crippen molar-refractivity contribution < 1.29 is 28.7 Å². The third-order valence-corrected chi connectivity index (χ3v) is 13.3. The first-order valence-corrected chi connectivity index (χ1v) is 22.9. The average molecular weight is 896 g/mol. The van der Waals surface area contributed by atoms with Crippen LogP contribution in [0.4, 0.5) is 0 Å². The number of ether oxygens (including phenoxy) is 2. The van der Waals surface area contributed by atoms with Crippen molar-refractivity contribution in [2.45, 2.75) is 80.7 Å². The van der Waals surface area contributed by atoms with E-state index in [0.29, 0.717) is 29.3 Å². The second-order valence-electron chi connectivity index (χ2n) is 16.9. The predicted octanol–water partition coefficient (Wildman–Crippen LogP) is 5.28. The molecule has 4 aliphatic rings. The summed E-state index contributed by atoms with van der Waals surface area (Å²) in [6, 6.07) is 36.9. The highest BCUT2D eigenvalue weighted by Gasteiger charge is 2.46. The minimum Gasteiger partial charge on any atom is -0.356 e. The van der Waals surface area contributed by atoms with Gasteiger partial charge in [-0.15, -0.1) is 0 Å². The Bertz CT molecular complexity index is 2000. The van der Waals surface area contributed by atoms with Gasteiger partial charge in [-0.1, -0.05) is 108 Å². The Labute approximate surface area is 379 Å². The lowest BCUT2D eigenvalue weighted by atomic mass is 9.82. The maximum absolute atomic E-state index is 13.1. The van der Waals surface area contributed by atoms with Crippen molar-refractivity contribution in [3.63, 3.8) is 0 Å². The maximum atomic E-state index is 13.1. The maximum Gasteiger partial charge on any atom is 0.227 e. The second kappa shape index (κ2) is 21.5. The number of carbonyl (C=O) groups is 4. The van der Waals surface area contributed by atoms with Crippen LogP contribution < -0.4 is 21.3 Å². The standard InChI is InChI=1S/C49H56Cl2N6O6/c50-36-16-12-34(13-17-36)48(32-8-3-1-4-9-32)38-30-52-22-24-56(38)46-28-42(62-46)40(58)26-44(60)54-20-7-21-55-45(61)27-41(59)43-29-47(63-43)57-25-23-53-31-39(57)49(33-10-5-2-6-11-33)35-14-18-37(51)19-15-35/h1-6,8-19,38-39,42-43,46-49,52-53H,7,20-31H2,(H,54,60)(H,55,61). The lowest BCUT2D eigenvalue weighted by Crippen LogP contribution is -2.63. The number of nitrogens with zero attached hydrogens (tertiary/aromatic N) is 2. The Hall–Kier alpha value is -4.50. The third-order valence-electron chi connectivity index (χ3n) is 12.8. The molecule has 8 unspecified atom stereocenters. The van der Waals surface area contributed by atoms with Gasteiger partial charge in [0.2, 0.25) is 11.8 Å². The Morgan fingerprint density at radius 2 is 0.937 bits per heavy atom. The fourth-order valence-electron chi connectivity index (χ4n) is 9.53. The normalized spacial score (nSPS) is 24.9. The largest absolute Gasteiger partial charge is 0.356 e. The highest BCUT2D eigenvalue weighted by molar-refractivity contribution is 6.30. The number of Topliss-reactive ketones (excluding diaryl/α,β-unsaturated/α-hetero) is 2. The van der Waals surface area contributed by atoms with Crippen molar-refractivity contribution in [1.82, 2.24) is 31.1 Å². The summed E-state index contributed by atoms with van der Waals surface area (Å²) in [6.45, 7) is 5.24. The topological polar surface area (TPSA) is 141 Å². The van der Waals surface area contributed by atoms with E-state index in [-0.39, 0.29) is 85.7 Å². The van der Waals surface area contributed by atoms with E-state index in [0.717, 1.165) is 50.4 Å². The molecule has 63 heavy (non-hydrogen) atoms. The molecule has 8 atom stereocenters. The first-order valence-electron chi connectivity index (χ1n) is 22.2. The van der Waals surface area contributed by atoms with Crippen molar-refractivity contribution in [2.75, 3.05) is 52.4 Å². The molecule has 4 N–H and O–H groups in total. The molecule has 4 aromatic carbocycles. The van der Waals surface area contributed by atoms with Crippen molar-refractivity contribution >= 4 is 46.6 Å². The van der Waals surface area contributed by atoms with Crippen LogP contribution in [-0.2, 0) is 28.7 Å². The molecule has 4 aliphatic heterocycles. The number of amides is 2. The fraction of sp³-hybridized carbons (Fsp3) is 0.429. The molecule has 4 aromatic rings. The summed E-state index contributed by atoms with van der Waals surface area (Å²) < 4.78 is 12.4. The van der Waals surface area contributed by atoms with Crippen LogP contribution in [0.5, 0.6) is 0 Å². The number of hydrogen-bond acceptors (Lipinski definition) is 10. The van der Waals surface area contributed by atoms with Crippen molar-refractivity contribution in [1.29, 1.82) is 0 Å². The molecular formula is C49H56Cl2N6O6. The number of piperazine rings is 2. The zero-order valence-electron chi connectivity index (χ0n) is 35.3. The first kappa shape index (κ1) is 45.1. The summed E-state index contributed by atoms with van der Waals surface area (Å²) in [4.78, 5) is 56.2. The molecule has 0 saturated carbocycles. The summed E-state index contributed by atoms with van der Waals surface area (Å²) in [5.41, 5.74) is 4.69. The van der Waals surface area contributed by atoms with Gasteiger partial charge in [-0.05, 0) is 52.9 Å². The van der Waals surface area contributed by atoms with E-state index in [1.54, 1.807) is 0 Å². The SMILES string of the molecule is O=C(CC(=O)C1CC(N2CCNCC2C(c2ccccc2)c2ccc(Cl)cc2)O1)NCCCNC(=O)CC(=O)C1CC(N2CCNCC2C(c2ccccc2)c2ccc(Cl)cc2)O1. The molecule has 2 amide bonds. The molecule has 4 fully saturated rings. The quantitative estimate of drug-likeness (QED) is 0.0772. The summed E-state index contributed by atoms with van der Waals surface area (Å²) in [6.07, 6.45) is -0.755. The molecule has 0 aromatic heterocycles. The molecule has 0 bridgehead atoms. The highest BCUT2D eigenvalue weighted by Crippen LogP contribution is 2.38. The Kier molecular flexibility index (Phi) is 15.4. The average Bonchev–Trinajstić information content (AvgIpc) is 3.26. The summed E-state index contributed by atoms with van der Waals surface area (Å²) in [7, 11) is 0. The molecule has 0 spiro atoms. The zero-order valence-corrected chi connectivity index (χ0v) is 36.8. The molecule has 0 radical (unpaired) electrons. The van der Waals surface area contributed by atoms with Gasteiger partial charge in [0.15, 0.2) is 11.6 Å². The lowest BCUT2D eigenvalue weighted by Gasteiger charge is -2.50. The zero-order chi connectivity index (χ0) is 43.7. The van der Waals surface area contributed by atoms with Gasteiger partial charge in [0, 0.05) is 99.2 Å². The number of carbonyl (C=O) groups excluding carboxylic acids is 4. The number of ketones is 2. The highest BCUT2D eigenvalue weighted by atomic mass is 35.5. The van der Waals surface area contributed by atoms with E-state index in [1.807, 2.05) is 60.7 Å². The first-order chi connectivity index (χ1) is 30.7. The van der Waals surface area contributed by atoms with E-state index in [4.69, 9.17) is 32.7 Å². The molecular weight excluding hydrogens is 839 g/mol. The van der Waals surface area contributed by atoms with Crippen LogP contribution in [0.25, 0.3) is 0 Å². The molecule has 4 saturated heterocycles. The smallest absolute Gasteiger partial charge is 0.227 e. The van der Waals surface area contributed by atoms with E-state index in [1.165, 1.54) is 11.1 Å². The van der Waals surface area contributed by atoms with Crippen LogP contribution in [0, 0.1) is 0 Å². The summed E-state index contributed by atoms with van der Waals surface area (Å²) in [5, 5.41) is 14.0. The van der Waals surface area contributed by atoms with Crippen LogP contribution in [0.3, 0.4) is 0 Å². The Morgan fingerprint density at radius 3 is 1.32 bits per heavy atom. The van der Waals surface area contributed by atoms with Crippen molar-refractivity contribution in [3.05, 3.63) is 141 Å². The monoisotopic (exact) mass is 894 g/mol. The number of benzene rings is 4. The molecule has 4 heterocycles. The summed E-state index contributed by atoms with van der Waals surface area (Å²) >= 11 is 12.5. The Balaban J connectivity index is 0.734. The molecule has 332 valence electrons. The van der Waals surface area contributed by atoms with E-state index < -0.39 is 12.2 Å². The minimum absolute atomic E-state index is 0.0626. The number of nitrogens with one attached hydrogen (secondary N) is 4. The second-order valence-corrected chi connectivity index (χ2v) is 17.7. The van der Waals surface area contributed by atoms with Gasteiger partial charge < -0.3 is 30.7 Å². The van der Waals surface area contributed by atoms with Gasteiger partial charge in [-0.25, -0.2) is 0 Å². The molecule has 0 aliphatic carbocycles. The van der Waals surface area contributed by atoms with E-state index in [2.05, 4.69) is 79.6 Å². The molecule has 14 heteroatoms. The number of rotatable bonds is 18. The van der Waals surface area contributed by atoms with E-state index in [9.17, 15) is 19.2 Å². The Morgan fingerprint density at radius 1 is 0.571 bits per heavy atom. The van der Waals surface area contributed by atoms with Crippen LogP contribution in [0.1, 0.15) is 66.2 Å². The predicted molar refractivity (Wildman–Crippen MR) is 243 cm³/mol.